The molecule has 3 heteroatoms. The van der Waals surface area contributed by atoms with E-state index in [1.807, 2.05) is 0 Å². The molecule has 0 aromatic rings. The molecule has 2 nitrogen and oxygen atoms in total. The zero-order chi connectivity index (χ0) is 12.1. The van der Waals surface area contributed by atoms with Crippen LogP contribution in [0.25, 0.3) is 0 Å². The van der Waals surface area contributed by atoms with E-state index >= 15 is 0 Å². The van der Waals surface area contributed by atoms with E-state index < -0.39 is 0 Å². The zero-order valence-electron chi connectivity index (χ0n) is 11.0. The molecule has 100 valence electrons. The first kappa shape index (κ1) is 13.7. The van der Waals surface area contributed by atoms with Crippen molar-refractivity contribution in [3.8, 4) is 0 Å². The fraction of sp³-hybridized carbons (Fsp3) is 1.00. The molecule has 2 fully saturated rings. The van der Waals surface area contributed by atoms with Crippen LogP contribution in [0.5, 0.6) is 0 Å². The highest BCUT2D eigenvalue weighted by Gasteiger charge is 2.33. The first-order valence-electron chi connectivity index (χ1n) is 7.04. The maximum atomic E-state index is 6.18. The maximum Gasteiger partial charge on any atom is 0.0578 e. The summed E-state index contributed by atoms with van der Waals surface area (Å²) in [5.74, 6) is 1.77. The standard InChI is InChI=1S/C14H26O2S/c1-12-3-2-4-13(9-12)16-10-14(11-17)5-7-15-8-6-14/h12-13,17H,2-11H2,1H3. The van der Waals surface area contributed by atoms with Gasteiger partial charge in [-0.05, 0) is 37.4 Å². The molecule has 2 atom stereocenters. The molecule has 0 amide bonds. The fourth-order valence-electron chi connectivity index (χ4n) is 2.98. The van der Waals surface area contributed by atoms with Gasteiger partial charge in [-0.15, -0.1) is 0 Å². The summed E-state index contributed by atoms with van der Waals surface area (Å²) in [5, 5.41) is 0. The van der Waals surface area contributed by atoms with Crippen LogP contribution in [-0.2, 0) is 9.47 Å². The van der Waals surface area contributed by atoms with Gasteiger partial charge in [0.1, 0.15) is 0 Å². The van der Waals surface area contributed by atoms with Gasteiger partial charge >= 0.3 is 0 Å². The summed E-state index contributed by atoms with van der Waals surface area (Å²) >= 11 is 4.53. The van der Waals surface area contributed by atoms with Crippen molar-refractivity contribution < 1.29 is 9.47 Å². The van der Waals surface area contributed by atoms with Gasteiger partial charge in [-0.1, -0.05) is 19.8 Å². The highest BCUT2D eigenvalue weighted by Crippen LogP contribution is 2.34. The molecule has 0 radical (unpaired) electrons. The van der Waals surface area contributed by atoms with E-state index in [0.29, 0.717) is 6.10 Å². The van der Waals surface area contributed by atoms with Crippen molar-refractivity contribution >= 4 is 12.6 Å². The van der Waals surface area contributed by atoms with E-state index in [0.717, 1.165) is 44.3 Å². The van der Waals surface area contributed by atoms with Gasteiger partial charge < -0.3 is 9.47 Å². The molecule has 1 saturated heterocycles. The summed E-state index contributed by atoms with van der Waals surface area (Å²) in [5.41, 5.74) is 0.280. The van der Waals surface area contributed by atoms with Gasteiger partial charge in [0, 0.05) is 18.6 Å². The predicted octanol–water partition coefficient (Wildman–Crippen LogP) is 3.31. The lowest BCUT2D eigenvalue weighted by Crippen LogP contribution is -2.37. The average Bonchev–Trinajstić information content (AvgIpc) is 2.38. The molecule has 2 unspecified atom stereocenters. The van der Waals surface area contributed by atoms with Crippen molar-refractivity contribution in [2.24, 2.45) is 11.3 Å². The summed E-state index contributed by atoms with van der Waals surface area (Å²) in [4.78, 5) is 0. The predicted molar refractivity (Wildman–Crippen MR) is 73.7 cm³/mol. The summed E-state index contributed by atoms with van der Waals surface area (Å²) in [6.45, 7) is 4.99. The molecule has 0 bridgehead atoms. The van der Waals surface area contributed by atoms with Crippen molar-refractivity contribution in [2.75, 3.05) is 25.6 Å². The van der Waals surface area contributed by atoms with Crippen molar-refractivity contribution in [3.63, 3.8) is 0 Å². The number of hydrogen-bond acceptors (Lipinski definition) is 3. The molecule has 1 saturated carbocycles. The lowest BCUT2D eigenvalue weighted by atomic mass is 9.82. The Labute approximate surface area is 111 Å². The van der Waals surface area contributed by atoms with Crippen molar-refractivity contribution in [3.05, 3.63) is 0 Å². The molecule has 0 N–H and O–H groups in total. The number of thiol groups is 1. The minimum Gasteiger partial charge on any atom is -0.381 e. The molecule has 1 heterocycles. The van der Waals surface area contributed by atoms with Crippen LogP contribution in [0.4, 0.5) is 0 Å². The van der Waals surface area contributed by atoms with Crippen LogP contribution >= 0.6 is 12.6 Å². The normalized spacial score (nSPS) is 33.5. The fourth-order valence-corrected chi connectivity index (χ4v) is 3.38. The Kier molecular flexibility index (Phi) is 5.19. The molecule has 0 aromatic heterocycles. The first-order valence-corrected chi connectivity index (χ1v) is 7.67. The summed E-state index contributed by atoms with van der Waals surface area (Å²) in [6.07, 6.45) is 7.94. The minimum absolute atomic E-state index is 0.280. The molecular weight excluding hydrogens is 232 g/mol. The Morgan fingerprint density at radius 1 is 1.29 bits per heavy atom. The second kappa shape index (κ2) is 6.44. The number of ether oxygens (including phenoxy) is 2. The number of rotatable bonds is 4. The van der Waals surface area contributed by atoms with Gasteiger partial charge in [-0.25, -0.2) is 0 Å². The third-order valence-corrected chi connectivity index (χ3v) is 5.07. The van der Waals surface area contributed by atoms with Gasteiger partial charge in [-0.2, -0.15) is 12.6 Å². The minimum atomic E-state index is 0.280. The van der Waals surface area contributed by atoms with Gasteiger partial charge in [0.15, 0.2) is 0 Å². The smallest absolute Gasteiger partial charge is 0.0578 e. The monoisotopic (exact) mass is 258 g/mol. The Balaban J connectivity index is 1.78. The molecule has 0 spiro atoms. The zero-order valence-corrected chi connectivity index (χ0v) is 11.9. The van der Waals surface area contributed by atoms with E-state index in [1.54, 1.807) is 0 Å². The van der Waals surface area contributed by atoms with E-state index in [1.165, 1.54) is 25.7 Å². The van der Waals surface area contributed by atoms with Crippen molar-refractivity contribution in [2.45, 2.75) is 51.6 Å². The van der Waals surface area contributed by atoms with Crippen molar-refractivity contribution in [1.29, 1.82) is 0 Å². The summed E-state index contributed by atoms with van der Waals surface area (Å²) < 4.78 is 11.6. The van der Waals surface area contributed by atoms with E-state index in [9.17, 15) is 0 Å². The van der Waals surface area contributed by atoms with Gasteiger partial charge in [0.2, 0.25) is 0 Å². The molecule has 1 aliphatic heterocycles. The first-order chi connectivity index (χ1) is 8.24. The molecule has 2 rings (SSSR count). The Morgan fingerprint density at radius 3 is 2.71 bits per heavy atom. The molecule has 1 aliphatic carbocycles. The lowest BCUT2D eigenvalue weighted by molar-refractivity contribution is -0.0650. The van der Waals surface area contributed by atoms with Crippen LogP contribution in [0, 0.1) is 11.3 Å². The van der Waals surface area contributed by atoms with Crippen LogP contribution in [0.2, 0.25) is 0 Å². The average molecular weight is 258 g/mol. The highest BCUT2D eigenvalue weighted by atomic mass is 32.1. The molecule has 17 heavy (non-hydrogen) atoms. The van der Waals surface area contributed by atoms with E-state index in [2.05, 4.69) is 19.6 Å². The summed E-state index contributed by atoms with van der Waals surface area (Å²) in [6, 6.07) is 0. The van der Waals surface area contributed by atoms with E-state index in [4.69, 9.17) is 9.47 Å². The van der Waals surface area contributed by atoms with Crippen LogP contribution in [-0.4, -0.2) is 31.7 Å². The maximum absolute atomic E-state index is 6.18. The lowest BCUT2D eigenvalue weighted by Gasteiger charge is -2.38. The van der Waals surface area contributed by atoms with Crippen molar-refractivity contribution in [1.82, 2.24) is 0 Å². The summed E-state index contributed by atoms with van der Waals surface area (Å²) in [7, 11) is 0. The topological polar surface area (TPSA) is 18.5 Å². The Hall–Kier alpha value is 0.270. The van der Waals surface area contributed by atoms with Crippen LogP contribution < -0.4 is 0 Å². The second-order valence-electron chi connectivity index (χ2n) is 5.98. The van der Waals surface area contributed by atoms with Gasteiger partial charge in [0.05, 0.1) is 12.7 Å². The Morgan fingerprint density at radius 2 is 2.06 bits per heavy atom. The van der Waals surface area contributed by atoms with Gasteiger partial charge in [0.25, 0.3) is 0 Å². The molecular formula is C14H26O2S. The SMILES string of the molecule is CC1CCCC(OCC2(CS)CCOCC2)C1. The van der Waals surface area contributed by atoms with Crippen LogP contribution in [0.15, 0.2) is 0 Å². The van der Waals surface area contributed by atoms with Gasteiger partial charge in [-0.3, -0.25) is 0 Å². The Bertz CT molecular complexity index is 226. The van der Waals surface area contributed by atoms with Crippen LogP contribution in [0.3, 0.4) is 0 Å². The number of hydrogen-bond donors (Lipinski definition) is 1. The quantitative estimate of drug-likeness (QED) is 0.780. The largest absolute Gasteiger partial charge is 0.381 e. The molecule has 0 aromatic carbocycles. The van der Waals surface area contributed by atoms with Crippen LogP contribution in [0.1, 0.15) is 45.4 Å². The second-order valence-corrected chi connectivity index (χ2v) is 6.29. The third-order valence-electron chi connectivity index (χ3n) is 4.40. The molecule has 2 aliphatic rings. The van der Waals surface area contributed by atoms with E-state index in [-0.39, 0.29) is 5.41 Å². The third kappa shape index (κ3) is 3.87. The highest BCUT2D eigenvalue weighted by molar-refractivity contribution is 7.80.